The fraction of sp³-hybridized carbons (Fsp3) is 0.788. The van der Waals surface area contributed by atoms with Crippen molar-refractivity contribution < 1.29 is 97.8 Å². The first-order chi connectivity index (χ1) is 46.4. The van der Waals surface area contributed by atoms with E-state index in [4.69, 9.17) is 17.2 Å². The van der Waals surface area contributed by atoms with Gasteiger partial charge < -0.3 is 105 Å². The van der Waals surface area contributed by atoms with Crippen LogP contribution in [-0.2, 0) is 67.1 Å². The number of nitrogens with zero attached hydrogens (tertiary/aromatic N) is 2. The van der Waals surface area contributed by atoms with Gasteiger partial charge in [-0.2, -0.15) is 0 Å². The Hall–Kier alpha value is -7.66. The summed E-state index contributed by atoms with van der Waals surface area (Å²) in [4.78, 5) is 194. The minimum absolute atomic E-state index is 0.0349. The van der Waals surface area contributed by atoms with Gasteiger partial charge in [0.2, 0.25) is 76.8 Å². The van der Waals surface area contributed by atoms with E-state index in [1.54, 1.807) is 69.2 Å². The Bertz CT molecular complexity index is 2770. The summed E-state index contributed by atoms with van der Waals surface area (Å²) in [7, 11) is 1.14. The number of hydrogen-bond acceptors (Lipinski definition) is 20. The minimum Gasteiger partial charge on any atom is -0.480 e. The molecule has 13 amide bonds. The molecule has 0 spiro atoms. The number of hydrogen-bond donors (Lipinski definition) is 18. The number of likely N-dealkylation sites (tertiary alicyclic amines) is 1. The van der Waals surface area contributed by atoms with E-state index in [1.807, 2.05) is 6.92 Å². The van der Waals surface area contributed by atoms with Crippen LogP contribution in [0.3, 0.4) is 0 Å². The zero-order valence-electron chi connectivity index (χ0n) is 61.0. The van der Waals surface area contributed by atoms with Crippen molar-refractivity contribution in [3.05, 3.63) is 0 Å². The average molecular weight is 1430 g/mol. The number of aliphatic hydroxyl groups excluding tert-OH is 5. The van der Waals surface area contributed by atoms with Crippen LogP contribution >= 0.6 is 0 Å². The molecule has 0 saturated carbocycles. The maximum absolute atomic E-state index is 14.7. The largest absolute Gasteiger partial charge is 0.480 e. The molecule has 21 N–H and O–H groups in total. The smallest absolute Gasteiger partial charge is 0.328 e. The van der Waals surface area contributed by atoms with Gasteiger partial charge >= 0.3 is 5.97 Å². The van der Waals surface area contributed by atoms with Crippen molar-refractivity contribution in [2.75, 3.05) is 13.6 Å². The van der Waals surface area contributed by atoms with E-state index in [1.165, 1.54) is 20.8 Å². The molecular weight excluding hydrogens is 1310 g/mol. The lowest BCUT2D eigenvalue weighted by Gasteiger charge is -2.36. The number of nitrogens with two attached hydrogens (primary N) is 3. The normalized spacial score (nSPS) is 19.0. The van der Waals surface area contributed by atoms with Crippen molar-refractivity contribution in [2.45, 2.75) is 284 Å². The molecule has 100 heavy (non-hydrogen) atoms. The fourth-order valence-corrected chi connectivity index (χ4v) is 11.3. The number of primary amides is 2. The van der Waals surface area contributed by atoms with E-state index in [9.17, 15) is 97.8 Å². The summed E-state index contributed by atoms with van der Waals surface area (Å²) in [6.07, 6.45) is -6.06. The molecule has 1 aliphatic heterocycles. The number of carboxylic acid groups (broad SMARTS) is 1. The highest BCUT2D eigenvalue weighted by atomic mass is 16.4. The molecule has 1 rings (SSSR count). The van der Waals surface area contributed by atoms with Gasteiger partial charge in [-0.15, -0.1) is 0 Å². The van der Waals surface area contributed by atoms with Gasteiger partial charge in [0.25, 0.3) is 0 Å². The highest BCUT2D eigenvalue weighted by molar-refractivity contribution is 6.01. The highest BCUT2D eigenvalue weighted by Gasteiger charge is 2.46. The molecule has 1 aliphatic rings. The average Bonchev–Trinajstić information content (AvgIpc) is 1.54. The number of carbonyl (C=O) groups excluding carboxylic acids is 13. The summed E-state index contributed by atoms with van der Waals surface area (Å²) in [6, 6.07) is -18.9. The predicted octanol–water partition coefficient (Wildman–Crippen LogP) is -3.75. The summed E-state index contributed by atoms with van der Waals surface area (Å²) in [5.74, 6) is -18.3. The Morgan fingerprint density at radius 1 is 0.540 bits per heavy atom. The number of carbonyl (C=O) groups is 14. The van der Waals surface area contributed by atoms with Gasteiger partial charge in [-0.3, -0.25) is 62.3 Å². The maximum Gasteiger partial charge on any atom is 0.328 e. The van der Waals surface area contributed by atoms with Crippen LogP contribution in [0.25, 0.3) is 0 Å². The second-order valence-corrected chi connectivity index (χ2v) is 28.1. The Morgan fingerprint density at radius 2 is 1.04 bits per heavy atom. The molecule has 1 saturated heterocycles. The lowest BCUT2D eigenvalue weighted by Crippen LogP contribution is -2.65. The van der Waals surface area contributed by atoms with Crippen LogP contribution in [0.2, 0.25) is 0 Å². The lowest BCUT2D eigenvalue weighted by molar-refractivity contribution is -0.148. The molecule has 0 aliphatic carbocycles. The molecule has 0 bridgehead atoms. The number of likely N-dealkylation sites (N-methyl/N-ethyl adjacent to an activating group) is 1. The lowest BCUT2D eigenvalue weighted by atomic mass is 9.94. The van der Waals surface area contributed by atoms with Crippen molar-refractivity contribution in [2.24, 2.45) is 52.7 Å². The second-order valence-electron chi connectivity index (χ2n) is 28.1. The van der Waals surface area contributed by atoms with Crippen LogP contribution in [0.1, 0.15) is 181 Å². The number of aliphatic hydroxyl groups is 5. The van der Waals surface area contributed by atoms with E-state index in [2.05, 4.69) is 47.9 Å². The van der Waals surface area contributed by atoms with Crippen LogP contribution in [-0.4, -0.2) is 240 Å². The quantitative estimate of drug-likeness (QED) is 0.0261. The number of rotatable bonds is 45. The topological polar surface area (TPSA) is 553 Å². The van der Waals surface area contributed by atoms with Crippen molar-refractivity contribution in [3.63, 3.8) is 0 Å². The molecule has 34 heteroatoms. The van der Waals surface area contributed by atoms with Gasteiger partial charge in [0.05, 0.1) is 30.5 Å². The first-order valence-electron chi connectivity index (χ1n) is 34.6. The van der Waals surface area contributed by atoms with E-state index < -0.39 is 235 Å². The first-order valence-corrected chi connectivity index (χ1v) is 34.6. The van der Waals surface area contributed by atoms with Crippen LogP contribution in [0, 0.1) is 35.5 Å². The zero-order valence-corrected chi connectivity index (χ0v) is 61.0. The highest BCUT2D eigenvalue weighted by Crippen LogP contribution is 2.26. The monoisotopic (exact) mass is 1430 g/mol. The molecule has 0 aromatic carbocycles. The number of aliphatic carboxylic acids is 1. The molecule has 572 valence electrons. The third-order valence-electron chi connectivity index (χ3n) is 17.5. The molecule has 34 nitrogen and oxygen atoms in total. The number of unbranched alkanes of at least 4 members (excludes halogenated alkanes) is 4. The van der Waals surface area contributed by atoms with Gasteiger partial charge in [-0.25, -0.2) is 4.79 Å². The summed E-state index contributed by atoms with van der Waals surface area (Å²) < 4.78 is 0. The molecule has 0 radical (unpaired) electrons. The molecular formula is C66H118N14O20. The first kappa shape index (κ1) is 90.4. The third kappa shape index (κ3) is 28.8. The van der Waals surface area contributed by atoms with Gasteiger partial charge in [0, 0.05) is 32.5 Å². The molecule has 0 aromatic rings. The Labute approximate surface area is 586 Å². The third-order valence-corrected chi connectivity index (χ3v) is 17.5. The zero-order chi connectivity index (χ0) is 77.1. The summed E-state index contributed by atoms with van der Waals surface area (Å²) >= 11 is 0. The van der Waals surface area contributed by atoms with E-state index in [0.29, 0.717) is 6.42 Å². The summed E-state index contributed by atoms with van der Waals surface area (Å²) in [5, 5.41) is 86.7. The SMILES string of the molecule is CCCCCCC[C@H](CC(=O)N[C@H](C(=O)N[C@@H](C(=O)O)[C@@H](O)C(C)C)C(C)C)NC(=O)[C@@H](NC(=O)[C@@H](CC(C)C)NC(=O)[C@@H]1C[C@@H](C)CN1C(=O)[C@@H](NC(=O)[C@H](NC(=O)[C@H]([C@@H](C)CC)N(C)C(=O)[C@H](CCC(N)=O)NC(=O)[C@H](NC(=O)[C@H](C)N)[C@@H](O)C(C)C)[C@@H](O)C(N)=O)[C@@H](C)O)[C@@H](C)O. The second kappa shape index (κ2) is 43.2. The summed E-state index contributed by atoms with van der Waals surface area (Å²) in [6.45, 7) is 23.2. The number of amides is 13. The Morgan fingerprint density at radius 3 is 1.53 bits per heavy atom. The molecule has 0 unspecified atom stereocenters. The molecule has 1 fully saturated rings. The van der Waals surface area contributed by atoms with Crippen LogP contribution in [0.5, 0.6) is 0 Å². The Kier molecular flexibility index (Phi) is 39.0. The van der Waals surface area contributed by atoms with Crippen molar-refractivity contribution in [1.82, 2.24) is 57.7 Å². The van der Waals surface area contributed by atoms with E-state index >= 15 is 0 Å². The van der Waals surface area contributed by atoms with Gasteiger partial charge in [-0.05, 0) is 82.0 Å². The molecule has 19 atom stereocenters. The number of nitrogens with one attached hydrogen (secondary N) is 9. The van der Waals surface area contributed by atoms with E-state index in [-0.39, 0.29) is 38.1 Å². The standard InChI is InChI=1S/C66H118N14O20/c1-17-19-20-21-22-23-39(28-44(84)73-45(31(5)6)59(92)78-50(66(99)100)53(86)33(9)10)70-60(93)46(37(14)81)74-57(90)41(26-30(3)4)72-58(91)42-27-34(11)29-80(42)65(98)47(38(15)82)75-62(95)49(54(87)55(69)88)77-63(96)51(35(12)18-2)79(16)64(97)40(24-25-43(68)83)71-61(94)48(52(85)32(7)8)76-56(89)36(13)67/h30-42,45-54,81-82,85-87H,17-29,67H2,1-16H3,(H2,68,83)(H2,69,88)(H,70,93)(H,71,94)(H,72,91)(H,73,84)(H,74,90)(H,75,95)(H,76,89)(H,77,96)(H,78,92)(H,99,100)/t34-,35+,36+,37-,38-,39-,40+,41-,42+,45+,46+,47+,48-,49-,50-,51+,52+,53+,54-/m1/s1. The van der Waals surface area contributed by atoms with Crippen molar-refractivity contribution in [3.8, 4) is 0 Å². The van der Waals surface area contributed by atoms with E-state index in [0.717, 1.165) is 49.5 Å². The van der Waals surface area contributed by atoms with Crippen LogP contribution < -0.4 is 65.1 Å². The van der Waals surface area contributed by atoms with Gasteiger partial charge in [-0.1, -0.05) is 122 Å². The molecule has 1 heterocycles. The van der Waals surface area contributed by atoms with Gasteiger partial charge in [0.15, 0.2) is 12.1 Å². The fourth-order valence-electron chi connectivity index (χ4n) is 11.3. The molecule has 0 aromatic heterocycles. The predicted molar refractivity (Wildman–Crippen MR) is 365 cm³/mol. The maximum atomic E-state index is 14.7. The Balaban J connectivity index is 3.66. The minimum atomic E-state index is -2.55. The van der Waals surface area contributed by atoms with Crippen molar-refractivity contribution >= 4 is 82.8 Å². The van der Waals surface area contributed by atoms with Crippen molar-refractivity contribution in [1.29, 1.82) is 0 Å². The number of carboxylic acids is 1. The van der Waals surface area contributed by atoms with Gasteiger partial charge in [0.1, 0.15) is 54.4 Å². The van der Waals surface area contributed by atoms with Crippen LogP contribution in [0.15, 0.2) is 0 Å². The summed E-state index contributed by atoms with van der Waals surface area (Å²) in [5.41, 5.74) is 16.6. The van der Waals surface area contributed by atoms with Crippen LogP contribution in [0.4, 0.5) is 0 Å².